The molecule has 1 aromatic carbocycles. The predicted molar refractivity (Wildman–Crippen MR) is 86.1 cm³/mol. The summed E-state index contributed by atoms with van der Waals surface area (Å²) in [5.74, 6) is 0.248. The minimum absolute atomic E-state index is 0. The number of benzene rings is 1. The molecule has 6 heteroatoms. The van der Waals surface area contributed by atoms with Gasteiger partial charge in [-0.3, -0.25) is 4.79 Å². The maximum Gasteiger partial charge on any atom is 0.241 e. The van der Waals surface area contributed by atoms with Crippen LogP contribution in [-0.4, -0.2) is 25.1 Å². The van der Waals surface area contributed by atoms with Gasteiger partial charge in [-0.05, 0) is 37.3 Å². The van der Waals surface area contributed by atoms with Gasteiger partial charge in [0.05, 0.1) is 13.2 Å². The van der Waals surface area contributed by atoms with E-state index in [-0.39, 0.29) is 30.1 Å². The van der Waals surface area contributed by atoms with E-state index in [1.165, 1.54) is 38.5 Å². The predicted octanol–water partition coefficient (Wildman–Crippen LogP) is 3.12. The van der Waals surface area contributed by atoms with Crippen molar-refractivity contribution in [2.24, 2.45) is 5.92 Å². The molecular formula is C16H22ClFN2O2. The molecule has 3 atom stereocenters. The van der Waals surface area contributed by atoms with E-state index >= 15 is 0 Å². The lowest BCUT2D eigenvalue weighted by molar-refractivity contribution is -0.117. The smallest absolute Gasteiger partial charge is 0.241 e. The highest BCUT2D eigenvalue weighted by atomic mass is 35.5. The molecule has 3 rings (SSSR count). The Morgan fingerprint density at radius 3 is 2.82 bits per heavy atom. The highest BCUT2D eigenvalue weighted by Gasteiger charge is 2.38. The lowest BCUT2D eigenvalue weighted by atomic mass is 9.85. The molecule has 4 nitrogen and oxygen atoms in total. The number of halogens is 2. The topological polar surface area (TPSA) is 50.4 Å². The average molecular weight is 329 g/mol. The van der Waals surface area contributed by atoms with Gasteiger partial charge >= 0.3 is 0 Å². The van der Waals surface area contributed by atoms with Gasteiger partial charge < -0.3 is 15.4 Å². The molecule has 2 N–H and O–H groups in total. The standard InChI is InChI=1S/C16H21FN2O2.ClH/c1-21-15-7-6-11(9-12(15)17)18-16(20)14-8-10-4-2-3-5-13(10)19-14;/h6-7,9-10,13-14,19H,2-5,8H2,1H3,(H,18,20);1H. The number of hydrogen-bond donors (Lipinski definition) is 2. The maximum atomic E-state index is 13.6. The Morgan fingerprint density at radius 1 is 1.36 bits per heavy atom. The summed E-state index contributed by atoms with van der Waals surface area (Å²) >= 11 is 0. The van der Waals surface area contributed by atoms with Crippen LogP contribution in [-0.2, 0) is 4.79 Å². The van der Waals surface area contributed by atoms with Crippen LogP contribution in [0.25, 0.3) is 0 Å². The fourth-order valence-electron chi connectivity index (χ4n) is 3.49. The summed E-state index contributed by atoms with van der Waals surface area (Å²) < 4.78 is 18.5. The highest BCUT2D eigenvalue weighted by molar-refractivity contribution is 5.95. The van der Waals surface area contributed by atoms with Crippen LogP contribution in [0, 0.1) is 11.7 Å². The van der Waals surface area contributed by atoms with E-state index in [0.717, 1.165) is 12.8 Å². The second kappa shape index (κ2) is 7.29. The van der Waals surface area contributed by atoms with Crippen molar-refractivity contribution in [1.29, 1.82) is 0 Å². The summed E-state index contributed by atoms with van der Waals surface area (Å²) in [6.45, 7) is 0. The number of methoxy groups -OCH3 is 1. The van der Waals surface area contributed by atoms with Crippen LogP contribution in [0.15, 0.2) is 18.2 Å². The molecule has 1 aromatic rings. The van der Waals surface area contributed by atoms with Gasteiger partial charge in [0.2, 0.25) is 5.91 Å². The maximum absolute atomic E-state index is 13.6. The van der Waals surface area contributed by atoms with Gasteiger partial charge in [0.15, 0.2) is 11.6 Å². The van der Waals surface area contributed by atoms with Gasteiger partial charge in [0.25, 0.3) is 0 Å². The molecule has 122 valence electrons. The van der Waals surface area contributed by atoms with Crippen LogP contribution in [0.3, 0.4) is 0 Å². The third-order valence-electron chi connectivity index (χ3n) is 4.60. The van der Waals surface area contributed by atoms with E-state index in [2.05, 4.69) is 10.6 Å². The number of amides is 1. The Labute approximate surface area is 136 Å². The van der Waals surface area contributed by atoms with Crippen molar-refractivity contribution in [2.75, 3.05) is 12.4 Å². The molecule has 1 aliphatic carbocycles. The second-order valence-corrected chi connectivity index (χ2v) is 5.94. The monoisotopic (exact) mass is 328 g/mol. The molecule has 0 aromatic heterocycles. The molecule has 1 saturated heterocycles. The first-order valence-corrected chi connectivity index (χ1v) is 7.58. The molecule has 2 fully saturated rings. The molecule has 1 saturated carbocycles. The third-order valence-corrected chi connectivity index (χ3v) is 4.60. The second-order valence-electron chi connectivity index (χ2n) is 5.94. The number of anilines is 1. The van der Waals surface area contributed by atoms with Crippen molar-refractivity contribution in [2.45, 2.75) is 44.2 Å². The summed E-state index contributed by atoms with van der Waals surface area (Å²) in [6.07, 6.45) is 5.76. The zero-order chi connectivity index (χ0) is 14.8. The van der Waals surface area contributed by atoms with Crippen molar-refractivity contribution < 1.29 is 13.9 Å². The summed E-state index contributed by atoms with van der Waals surface area (Å²) in [5.41, 5.74) is 0.468. The SMILES string of the molecule is COc1ccc(NC(=O)C2CC3CCCCC3N2)cc1F.Cl. The normalized spacial score (nSPS) is 26.7. The minimum Gasteiger partial charge on any atom is -0.494 e. The molecule has 1 amide bonds. The zero-order valence-electron chi connectivity index (χ0n) is 12.6. The van der Waals surface area contributed by atoms with E-state index in [1.54, 1.807) is 6.07 Å². The molecule has 0 radical (unpaired) electrons. The number of carbonyl (C=O) groups is 1. The Kier molecular flexibility index (Phi) is 5.64. The van der Waals surface area contributed by atoms with Crippen molar-refractivity contribution in [3.63, 3.8) is 0 Å². The van der Waals surface area contributed by atoms with Crippen molar-refractivity contribution >= 4 is 24.0 Å². The molecule has 22 heavy (non-hydrogen) atoms. The third kappa shape index (κ3) is 3.52. The number of carbonyl (C=O) groups excluding carboxylic acids is 1. The number of ether oxygens (including phenoxy) is 1. The van der Waals surface area contributed by atoms with Gasteiger partial charge in [-0.1, -0.05) is 12.8 Å². The van der Waals surface area contributed by atoms with E-state index < -0.39 is 5.82 Å². The van der Waals surface area contributed by atoms with Crippen LogP contribution in [0.1, 0.15) is 32.1 Å². The van der Waals surface area contributed by atoms with Crippen LogP contribution in [0.4, 0.5) is 10.1 Å². The minimum atomic E-state index is -0.469. The van der Waals surface area contributed by atoms with Crippen LogP contribution in [0.5, 0.6) is 5.75 Å². The Bertz CT molecular complexity index is 527. The lowest BCUT2D eigenvalue weighted by Crippen LogP contribution is -2.39. The van der Waals surface area contributed by atoms with Crippen molar-refractivity contribution in [3.8, 4) is 5.75 Å². The van der Waals surface area contributed by atoms with Crippen LogP contribution in [0.2, 0.25) is 0 Å². The highest BCUT2D eigenvalue weighted by Crippen LogP contribution is 2.33. The summed E-state index contributed by atoms with van der Waals surface area (Å²) in [4.78, 5) is 12.3. The Hall–Kier alpha value is -1.33. The fraction of sp³-hybridized carbons (Fsp3) is 0.562. The van der Waals surface area contributed by atoms with Crippen molar-refractivity contribution in [3.05, 3.63) is 24.0 Å². The number of hydrogen-bond acceptors (Lipinski definition) is 3. The number of fused-ring (bicyclic) bond motifs is 1. The molecule has 1 heterocycles. The summed E-state index contributed by atoms with van der Waals surface area (Å²) in [5, 5.41) is 6.21. The van der Waals surface area contributed by atoms with E-state index in [0.29, 0.717) is 17.6 Å². The molecule has 1 aliphatic heterocycles. The fourth-order valence-corrected chi connectivity index (χ4v) is 3.49. The largest absolute Gasteiger partial charge is 0.494 e. The van der Waals surface area contributed by atoms with Crippen LogP contribution < -0.4 is 15.4 Å². The number of nitrogens with one attached hydrogen (secondary N) is 2. The van der Waals surface area contributed by atoms with E-state index in [9.17, 15) is 9.18 Å². The van der Waals surface area contributed by atoms with Gasteiger partial charge in [-0.25, -0.2) is 4.39 Å². The van der Waals surface area contributed by atoms with E-state index in [4.69, 9.17) is 4.74 Å². The first kappa shape index (κ1) is 17.0. The Morgan fingerprint density at radius 2 is 2.14 bits per heavy atom. The molecule has 2 aliphatic rings. The van der Waals surface area contributed by atoms with Crippen LogP contribution >= 0.6 is 12.4 Å². The zero-order valence-corrected chi connectivity index (χ0v) is 13.4. The first-order valence-electron chi connectivity index (χ1n) is 7.58. The molecule has 0 bridgehead atoms. The lowest BCUT2D eigenvalue weighted by Gasteiger charge is -2.24. The van der Waals surface area contributed by atoms with Gasteiger partial charge in [0, 0.05) is 17.8 Å². The molecular weight excluding hydrogens is 307 g/mol. The first-order chi connectivity index (χ1) is 10.2. The van der Waals surface area contributed by atoms with E-state index in [1.807, 2.05) is 0 Å². The quantitative estimate of drug-likeness (QED) is 0.896. The van der Waals surface area contributed by atoms with Gasteiger partial charge in [0.1, 0.15) is 0 Å². The summed E-state index contributed by atoms with van der Waals surface area (Å²) in [6, 6.07) is 4.78. The van der Waals surface area contributed by atoms with Gasteiger partial charge in [-0.15, -0.1) is 12.4 Å². The molecule has 3 unspecified atom stereocenters. The summed E-state index contributed by atoms with van der Waals surface area (Å²) in [7, 11) is 1.42. The molecule has 0 spiro atoms. The van der Waals surface area contributed by atoms with Crippen molar-refractivity contribution in [1.82, 2.24) is 5.32 Å². The average Bonchev–Trinajstić information content (AvgIpc) is 2.91. The van der Waals surface area contributed by atoms with Gasteiger partial charge in [-0.2, -0.15) is 0 Å². The Balaban J connectivity index is 0.00000176. The number of rotatable bonds is 3.